The van der Waals surface area contributed by atoms with Crippen LogP contribution in [-0.2, 0) is 0 Å². The summed E-state index contributed by atoms with van der Waals surface area (Å²) in [5, 5.41) is 4.64. The number of aromatic nitrogens is 2. The van der Waals surface area contributed by atoms with Crippen molar-refractivity contribution in [1.29, 1.82) is 0 Å². The Bertz CT molecular complexity index is 1240. The first kappa shape index (κ1) is 18.9. The molecule has 2 aromatic heterocycles. The highest BCUT2D eigenvalue weighted by Crippen LogP contribution is 2.26. The number of ether oxygens (including phenoxy) is 1. The Kier molecular flexibility index (Phi) is 5.14. The molecule has 0 fully saturated rings. The summed E-state index contributed by atoms with van der Waals surface area (Å²) < 4.78 is 7.02. The maximum absolute atomic E-state index is 13.1. The van der Waals surface area contributed by atoms with Crippen LogP contribution in [0.15, 0.2) is 64.9 Å². The number of rotatable bonds is 5. The first-order chi connectivity index (χ1) is 14.1. The fraction of sp³-hybridized carbons (Fsp3) is 0.136. The number of carbonyl (C=O) groups excluding carboxylic acids is 1. The lowest BCUT2D eigenvalue weighted by molar-refractivity contribution is 0.102. The van der Waals surface area contributed by atoms with Crippen molar-refractivity contribution in [3.05, 3.63) is 81.6 Å². The third kappa shape index (κ3) is 3.64. The Morgan fingerprint density at radius 3 is 2.69 bits per heavy atom. The van der Waals surface area contributed by atoms with Crippen LogP contribution in [0.4, 0.5) is 5.69 Å². The van der Waals surface area contributed by atoms with E-state index >= 15 is 0 Å². The molecule has 0 saturated carbocycles. The largest absolute Gasteiger partial charge is 0.492 e. The molecule has 0 atom stereocenters. The van der Waals surface area contributed by atoms with Crippen LogP contribution in [0.5, 0.6) is 5.75 Å². The Morgan fingerprint density at radius 1 is 1.17 bits per heavy atom. The molecule has 4 aromatic rings. The van der Waals surface area contributed by atoms with Gasteiger partial charge >= 0.3 is 0 Å². The molecular weight excluding hydrogens is 386 g/mol. The number of thiazole rings is 1. The van der Waals surface area contributed by atoms with Gasteiger partial charge in [-0.2, -0.15) is 0 Å². The predicted octanol–water partition coefficient (Wildman–Crippen LogP) is 4.38. The van der Waals surface area contributed by atoms with Crippen LogP contribution >= 0.6 is 11.3 Å². The van der Waals surface area contributed by atoms with Crippen LogP contribution in [0, 0.1) is 6.92 Å². The first-order valence-corrected chi connectivity index (χ1v) is 10.1. The normalized spacial score (nSPS) is 10.8. The first-order valence-electron chi connectivity index (χ1n) is 9.18. The van der Waals surface area contributed by atoms with Crippen molar-refractivity contribution in [3.63, 3.8) is 0 Å². The van der Waals surface area contributed by atoms with Gasteiger partial charge in [-0.25, -0.2) is 4.98 Å². The SMILES string of the molecule is CCOc1ccccc1NC(=O)c1cnc2scc(-c3ccc(C)cc3)n2c1=O. The van der Waals surface area contributed by atoms with E-state index in [1.54, 1.807) is 18.2 Å². The number of aryl methyl sites for hydroxylation is 1. The van der Waals surface area contributed by atoms with E-state index in [2.05, 4.69) is 10.3 Å². The van der Waals surface area contributed by atoms with Crippen LogP contribution in [-0.4, -0.2) is 21.9 Å². The molecule has 0 saturated heterocycles. The smallest absolute Gasteiger partial charge is 0.271 e. The second-order valence-electron chi connectivity index (χ2n) is 6.47. The van der Waals surface area contributed by atoms with E-state index < -0.39 is 11.5 Å². The highest BCUT2D eigenvalue weighted by atomic mass is 32.1. The average molecular weight is 405 g/mol. The summed E-state index contributed by atoms with van der Waals surface area (Å²) >= 11 is 1.36. The van der Waals surface area contributed by atoms with Crippen LogP contribution in [0.25, 0.3) is 16.2 Å². The maximum atomic E-state index is 13.1. The third-order valence-electron chi connectivity index (χ3n) is 4.47. The summed E-state index contributed by atoms with van der Waals surface area (Å²) in [7, 11) is 0. The van der Waals surface area contributed by atoms with E-state index in [9.17, 15) is 9.59 Å². The van der Waals surface area contributed by atoms with Crippen molar-refractivity contribution in [2.24, 2.45) is 0 Å². The highest BCUT2D eigenvalue weighted by Gasteiger charge is 2.18. The van der Waals surface area contributed by atoms with Gasteiger partial charge in [0.2, 0.25) is 0 Å². The molecule has 0 unspecified atom stereocenters. The van der Waals surface area contributed by atoms with Crippen LogP contribution < -0.4 is 15.6 Å². The van der Waals surface area contributed by atoms with Crippen molar-refractivity contribution in [3.8, 4) is 17.0 Å². The molecule has 2 aromatic carbocycles. The molecule has 0 aliphatic heterocycles. The lowest BCUT2D eigenvalue weighted by Crippen LogP contribution is -2.26. The summed E-state index contributed by atoms with van der Waals surface area (Å²) in [6.07, 6.45) is 1.33. The number of hydrogen-bond donors (Lipinski definition) is 1. The molecule has 6 nitrogen and oxygen atoms in total. The van der Waals surface area contributed by atoms with E-state index in [-0.39, 0.29) is 5.56 Å². The van der Waals surface area contributed by atoms with E-state index in [0.717, 1.165) is 11.1 Å². The Hall–Kier alpha value is -3.45. The molecule has 4 rings (SSSR count). The third-order valence-corrected chi connectivity index (χ3v) is 5.31. The summed E-state index contributed by atoms with van der Waals surface area (Å²) in [5.74, 6) is 0.0264. The minimum Gasteiger partial charge on any atom is -0.492 e. The Morgan fingerprint density at radius 2 is 1.93 bits per heavy atom. The topological polar surface area (TPSA) is 72.7 Å². The molecule has 0 radical (unpaired) electrons. The van der Waals surface area contributed by atoms with E-state index in [0.29, 0.717) is 28.7 Å². The summed E-state index contributed by atoms with van der Waals surface area (Å²) in [4.78, 5) is 30.8. The van der Waals surface area contributed by atoms with Crippen molar-refractivity contribution < 1.29 is 9.53 Å². The van der Waals surface area contributed by atoms with Gasteiger partial charge in [-0.15, -0.1) is 11.3 Å². The number of amides is 1. The van der Waals surface area contributed by atoms with Gasteiger partial charge in [0.05, 0.1) is 18.0 Å². The number of anilines is 1. The number of nitrogens with one attached hydrogen (secondary N) is 1. The van der Waals surface area contributed by atoms with Crippen molar-refractivity contribution in [1.82, 2.24) is 9.38 Å². The molecule has 0 aliphatic carbocycles. The minimum atomic E-state index is -0.523. The molecule has 0 bridgehead atoms. The molecular formula is C22H19N3O3S. The van der Waals surface area contributed by atoms with Gasteiger partial charge < -0.3 is 10.1 Å². The van der Waals surface area contributed by atoms with Gasteiger partial charge in [0.1, 0.15) is 11.3 Å². The Balaban J connectivity index is 1.74. The molecule has 1 N–H and O–H groups in total. The molecule has 2 heterocycles. The number of fused-ring (bicyclic) bond motifs is 1. The summed E-state index contributed by atoms with van der Waals surface area (Å²) in [5.41, 5.74) is 2.82. The Labute approximate surface area is 171 Å². The average Bonchev–Trinajstić information content (AvgIpc) is 3.15. The summed E-state index contributed by atoms with van der Waals surface area (Å²) in [6.45, 7) is 4.34. The molecule has 0 spiro atoms. The van der Waals surface area contributed by atoms with Gasteiger partial charge in [0, 0.05) is 11.6 Å². The van der Waals surface area contributed by atoms with Crippen molar-refractivity contribution >= 4 is 27.9 Å². The van der Waals surface area contributed by atoms with Gasteiger partial charge in [0.25, 0.3) is 11.5 Å². The monoisotopic (exact) mass is 405 g/mol. The zero-order chi connectivity index (χ0) is 20.4. The van der Waals surface area contributed by atoms with Crippen molar-refractivity contribution in [2.75, 3.05) is 11.9 Å². The summed E-state index contributed by atoms with van der Waals surface area (Å²) in [6, 6.07) is 15.0. The molecule has 1 amide bonds. The van der Waals surface area contributed by atoms with Gasteiger partial charge in [0.15, 0.2) is 4.96 Å². The lowest BCUT2D eigenvalue weighted by Gasteiger charge is -2.11. The van der Waals surface area contributed by atoms with Crippen LogP contribution in [0.2, 0.25) is 0 Å². The van der Waals surface area contributed by atoms with E-state index in [1.165, 1.54) is 21.9 Å². The number of para-hydroxylation sites is 2. The van der Waals surface area contributed by atoms with Crippen LogP contribution in [0.1, 0.15) is 22.8 Å². The molecule has 146 valence electrons. The maximum Gasteiger partial charge on any atom is 0.271 e. The fourth-order valence-electron chi connectivity index (χ4n) is 3.01. The predicted molar refractivity (Wildman–Crippen MR) is 115 cm³/mol. The standard InChI is InChI=1S/C22H19N3O3S/c1-3-28-19-7-5-4-6-17(19)24-20(26)16-12-23-22-25(21(16)27)18(13-29-22)15-10-8-14(2)9-11-15/h4-13H,3H2,1-2H3,(H,24,26). The molecule has 7 heteroatoms. The van der Waals surface area contributed by atoms with Crippen LogP contribution in [0.3, 0.4) is 0 Å². The second kappa shape index (κ2) is 7.89. The van der Waals surface area contributed by atoms with Gasteiger partial charge in [-0.1, -0.05) is 42.0 Å². The number of nitrogens with zero attached hydrogens (tertiary/aromatic N) is 2. The van der Waals surface area contributed by atoms with Gasteiger partial charge in [-0.3, -0.25) is 14.0 Å². The lowest BCUT2D eigenvalue weighted by atomic mass is 10.1. The molecule has 29 heavy (non-hydrogen) atoms. The zero-order valence-corrected chi connectivity index (χ0v) is 16.8. The number of hydrogen-bond acceptors (Lipinski definition) is 5. The fourth-order valence-corrected chi connectivity index (χ4v) is 3.87. The van der Waals surface area contributed by atoms with Gasteiger partial charge in [-0.05, 0) is 31.5 Å². The van der Waals surface area contributed by atoms with E-state index in [4.69, 9.17) is 4.74 Å². The quantitative estimate of drug-likeness (QED) is 0.535. The second-order valence-corrected chi connectivity index (χ2v) is 7.30. The minimum absolute atomic E-state index is 0.0273. The van der Waals surface area contributed by atoms with E-state index in [1.807, 2.05) is 49.6 Å². The number of benzene rings is 2. The van der Waals surface area contributed by atoms with Crippen molar-refractivity contribution in [2.45, 2.75) is 13.8 Å². The molecule has 0 aliphatic rings. The zero-order valence-electron chi connectivity index (χ0n) is 16.0. The number of carbonyl (C=O) groups is 1. The highest BCUT2D eigenvalue weighted by molar-refractivity contribution is 7.15.